The first kappa shape index (κ1) is 17.1. The summed E-state index contributed by atoms with van der Waals surface area (Å²) in [7, 11) is 1.67. The van der Waals surface area contributed by atoms with Crippen LogP contribution in [0.2, 0.25) is 0 Å². The number of aryl methyl sites for hydroxylation is 1. The van der Waals surface area contributed by atoms with Gasteiger partial charge >= 0.3 is 0 Å². The zero-order valence-corrected chi connectivity index (χ0v) is 15.7. The summed E-state index contributed by atoms with van der Waals surface area (Å²) in [6, 6.07) is 22.4. The number of ether oxygens (including phenoxy) is 1. The molecule has 2 aromatic carbocycles. The van der Waals surface area contributed by atoms with Crippen molar-refractivity contribution in [3.8, 4) is 17.0 Å². The van der Waals surface area contributed by atoms with Crippen molar-refractivity contribution < 1.29 is 4.74 Å². The molecule has 0 saturated carbocycles. The molecule has 27 heavy (non-hydrogen) atoms. The number of rotatable bonds is 5. The van der Waals surface area contributed by atoms with E-state index in [0.717, 1.165) is 34.2 Å². The van der Waals surface area contributed by atoms with Crippen molar-refractivity contribution in [2.45, 2.75) is 19.9 Å². The molecule has 0 bridgehead atoms. The van der Waals surface area contributed by atoms with Gasteiger partial charge in [0.25, 0.3) is 0 Å². The van der Waals surface area contributed by atoms with Gasteiger partial charge in [0.05, 0.1) is 12.8 Å². The van der Waals surface area contributed by atoms with Gasteiger partial charge in [0.2, 0.25) is 0 Å². The molecule has 4 aromatic rings. The molecule has 0 amide bonds. The third-order valence-corrected chi connectivity index (χ3v) is 4.60. The first-order valence-electron chi connectivity index (χ1n) is 8.98. The number of aromatic nitrogens is 3. The summed E-state index contributed by atoms with van der Waals surface area (Å²) >= 11 is 0. The second-order valence-electron chi connectivity index (χ2n) is 6.56. The summed E-state index contributed by atoms with van der Waals surface area (Å²) in [5.41, 5.74) is 4.75. The van der Waals surface area contributed by atoms with Gasteiger partial charge in [-0.25, -0.2) is 4.98 Å². The van der Waals surface area contributed by atoms with E-state index in [0.29, 0.717) is 0 Å². The molecule has 0 fully saturated rings. The molecule has 1 N–H and O–H groups in total. The number of methoxy groups -OCH3 is 1. The molecular weight excluding hydrogens is 336 g/mol. The molecular formula is C22H22N4O. The Morgan fingerprint density at radius 2 is 1.74 bits per heavy atom. The van der Waals surface area contributed by atoms with E-state index in [1.165, 1.54) is 5.56 Å². The largest absolute Gasteiger partial charge is 0.496 e. The Hall–Kier alpha value is -3.34. The first-order chi connectivity index (χ1) is 13.2. The molecule has 2 aromatic heterocycles. The highest BCUT2D eigenvalue weighted by molar-refractivity contribution is 5.71. The second-order valence-corrected chi connectivity index (χ2v) is 6.56. The molecule has 0 radical (unpaired) electrons. The average Bonchev–Trinajstić information content (AvgIpc) is 3.12. The smallest absolute Gasteiger partial charge is 0.158 e. The Morgan fingerprint density at radius 3 is 2.52 bits per heavy atom. The van der Waals surface area contributed by atoms with Crippen LogP contribution >= 0.6 is 0 Å². The molecule has 0 aliphatic heterocycles. The van der Waals surface area contributed by atoms with Gasteiger partial charge in [-0.05, 0) is 31.5 Å². The molecule has 5 heteroatoms. The van der Waals surface area contributed by atoms with E-state index in [4.69, 9.17) is 9.84 Å². The van der Waals surface area contributed by atoms with E-state index in [1.807, 2.05) is 53.9 Å². The predicted molar refractivity (Wildman–Crippen MR) is 108 cm³/mol. The summed E-state index contributed by atoms with van der Waals surface area (Å²) in [4.78, 5) is 4.64. The Bertz CT molecular complexity index is 1070. The normalized spacial score (nSPS) is 12.1. The fourth-order valence-electron chi connectivity index (χ4n) is 3.24. The number of hydrogen-bond donors (Lipinski definition) is 1. The highest BCUT2D eigenvalue weighted by Gasteiger charge is 2.14. The minimum absolute atomic E-state index is 0.148. The van der Waals surface area contributed by atoms with Gasteiger partial charge in [-0.1, -0.05) is 42.5 Å². The summed E-state index contributed by atoms with van der Waals surface area (Å²) in [5.74, 6) is 1.71. The van der Waals surface area contributed by atoms with Crippen molar-refractivity contribution in [2.24, 2.45) is 0 Å². The van der Waals surface area contributed by atoms with E-state index in [-0.39, 0.29) is 6.04 Å². The molecule has 5 nitrogen and oxygen atoms in total. The van der Waals surface area contributed by atoms with E-state index >= 15 is 0 Å². The second kappa shape index (κ2) is 7.11. The first-order valence-corrected chi connectivity index (χ1v) is 8.98. The van der Waals surface area contributed by atoms with E-state index in [9.17, 15) is 0 Å². The van der Waals surface area contributed by atoms with Gasteiger partial charge in [-0.15, -0.1) is 0 Å². The van der Waals surface area contributed by atoms with Crippen molar-refractivity contribution in [3.05, 3.63) is 78.0 Å². The molecule has 4 rings (SSSR count). The van der Waals surface area contributed by atoms with Crippen LogP contribution in [0.4, 0.5) is 5.82 Å². The zero-order chi connectivity index (χ0) is 18.8. The SMILES string of the molecule is COc1ccccc1-c1cc2nc(C)cc(N[C@H](C)c3ccccc3)n2n1. The fraction of sp³-hybridized carbons (Fsp3) is 0.182. The highest BCUT2D eigenvalue weighted by Crippen LogP contribution is 2.30. The lowest BCUT2D eigenvalue weighted by Crippen LogP contribution is -2.11. The number of fused-ring (bicyclic) bond motifs is 1. The van der Waals surface area contributed by atoms with Crippen molar-refractivity contribution in [2.75, 3.05) is 12.4 Å². The maximum Gasteiger partial charge on any atom is 0.158 e. The Labute approximate surface area is 158 Å². The Balaban J connectivity index is 1.77. The third-order valence-electron chi connectivity index (χ3n) is 4.60. The van der Waals surface area contributed by atoms with Gasteiger partial charge in [0.1, 0.15) is 11.6 Å². The van der Waals surface area contributed by atoms with Crippen LogP contribution in [0.3, 0.4) is 0 Å². The molecule has 0 spiro atoms. The van der Waals surface area contributed by atoms with E-state index < -0.39 is 0 Å². The van der Waals surface area contributed by atoms with Crippen molar-refractivity contribution >= 4 is 11.5 Å². The maximum absolute atomic E-state index is 5.49. The number of benzene rings is 2. The molecule has 2 heterocycles. The quantitative estimate of drug-likeness (QED) is 0.552. The number of nitrogens with zero attached hydrogens (tertiary/aromatic N) is 3. The van der Waals surface area contributed by atoms with Crippen LogP contribution in [0, 0.1) is 6.92 Å². The Kier molecular flexibility index (Phi) is 4.50. The molecule has 136 valence electrons. The topological polar surface area (TPSA) is 51.5 Å². The number of hydrogen-bond acceptors (Lipinski definition) is 4. The predicted octanol–water partition coefficient (Wildman–Crippen LogP) is 4.89. The van der Waals surface area contributed by atoms with Crippen LogP contribution in [0.5, 0.6) is 5.75 Å². The molecule has 0 aliphatic carbocycles. The lowest BCUT2D eigenvalue weighted by atomic mass is 10.1. The van der Waals surface area contributed by atoms with Crippen molar-refractivity contribution in [1.82, 2.24) is 14.6 Å². The molecule has 1 atom stereocenters. The lowest BCUT2D eigenvalue weighted by Gasteiger charge is -2.16. The minimum Gasteiger partial charge on any atom is -0.496 e. The standard InChI is InChI=1S/C22H22N4O/c1-15-13-21(24-16(2)17-9-5-4-6-10-17)26-22(23-15)14-19(25-26)18-11-7-8-12-20(18)27-3/h4-14,16,24H,1-3H3/t16-/m1/s1. The zero-order valence-electron chi connectivity index (χ0n) is 15.7. The van der Waals surface area contributed by atoms with E-state index in [1.54, 1.807) is 7.11 Å². The van der Waals surface area contributed by atoms with Gasteiger partial charge < -0.3 is 10.1 Å². The van der Waals surface area contributed by atoms with Gasteiger partial charge in [0.15, 0.2) is 5.65 Å². The summed E-state index contributed by atoms with van der Waals surface area (Å²) in [6.45, 7) is 4.13. The fourth-order valence-corrected chi connectivity index (χ4v) is 3.24. The summed E-state index contributed by atoms with van der Waals surface area (Å²) in [6.07, 6.45) is 0. The maximum atomic E-state index is 5.49. The number of nitrogens with one attached hydrogen (secondary N) is 1. The van der Waals surface area contributed by atoms with Crippen molar-refractivity contribution in [1.29, 1.82) is 0 Å². The monoisotopic (exact) mass is 358 g/mol. The number of anilines is 1. The van der Waals surface area contributed by atoms with Crippen LogP contribution in [0.1, 0.15) is 24.2 Å². The molecule has 0 aliphatic rings. The van der Waals surface area contributed by atoms with Crippen molar-refractivity contribution in [3.63, 3.8) is 0 Å². The van der Waals surface area contributed by atoms with E-state index in [2.05, 4.69) is 41.5 Å². The van der Waals surface area contributed by atoms with Crippen LogP contribution in [0.25, 0.3) is 16.9 Å². The summed E-state index contributed by atoms with van der Waals surface area (Å²) in [5, 5.41) is 8.36. The van der Waals surface area contributed by atoms with Crippen LogP contribution in [-0.4, -0.2) is 21.7 Å². The lowest BCUT2D eigenvalue weighted by molar-refractivity contribution is 0.416. The van der Waals surface area contributed by atoms with Crippen LogP contribution in [0.15, 0.2) is 66.7 Å². The van der Waals surface area contributed by atoms with Gasteiger partial charge in [0, 0.05) is 29.4 Å². The van der Waals surface area contributed by atoms with Gasteiger partial charge in [-0.3, -0.25) is 0 Å². The average molecular weight is 358 g/mol. The molecule has 0 unspecified atom stereocenters. The third kappa shape index (κ3) is 3.36. The highest BCUT2D eigenvalue weighted by atomic mass is 16.5. The van der Waals surface area contributed by atoms with Crippen LogP contribution in [-0.2, 0) is 0 Å². The number of para-hydroxylation sites is 1. The molecule has 0 saturated heterocycles. The minimum atomic E-state index is 0.148. The summed E-state index contributed by atoms with van der Waals surface area (Å²) < 4.78 is 7.34. The Morgan fingerprint density at radius 1 is 1.00 bits per heavy atom. The van der Waals surface area contributed by atoms with Crippen LogP contribution < -0.4 is 10.1 Å². The van der Waals surface area contributed by atoms with Gasteiger partial charge in [-0.2, -0.15) is 9.61 Å².